The van der Waals surface area contributed by atoms with Crippen LogP contribution < -0.4 is 5.63 Å². The molecule has 0 aliphatic rings. The van der Waals surface area contributed by atoms with Crippen molar-refractivity contribution in [2.24, 2.45) is 0 Å². The standard InChI is InChI=1S/C15H12N2O5S/c1-2-11-14(23-17-16-11)15(20)21-7-8-5-13(19)22-12-6-9(18)3-4-10(8)12/h3-6,18H,2,7H2,1H3. The Balaban J connectivity index is 1.87. The van der Waals surface area contributed by atoms with Gasteiger partial charge in [0.05, 0.1) is 5.69 Å². The lowest BCUT2D eigenvalue weighted by Gasteiger charge is -2.07. The molecule has 0 unspecified atom stereocenters. The molecule has 3 rings (SSSR count). The molecule has 2 heterocycles. The fraction of sp³-hybridized carbons (Fsp3) is 0.200. The summed E-state index contributed by atoms with van der Waals surface area (Å²) in [4.78, 5) is 24.0. The second-order valence-corrected chi connectivity index (χ2v) is 5.50. The Morgan fingerprint density at radius 2 is 2.22 bits per heavy atom. The van der Waals surface area contributed by atoms with Crippen LogP contribution in [-0.2, 0) is 17.8 Å². The highest BCUT2D eigenvalue weighted by atomic mass is 32.1. The van der Waals surface area contributed by atoms with E-state index in [1.165, 1.54) is 18.2 Å². The summed E-state index contributed by atoms with van der Waals surface area (Å²) in [6.07, 6.45) is 0.581. The van der Waals surface area contributed by atoms with Gasteiger partial charge in [0.1, 0.15) is 17.9 Å². The van der Waals surface area contributed by atoms with E-state index in [0.29, 0.717) is 27.9 Å². The van der Waals surface area contributed by atoms with E-state index in [9.17, 15) is 14.7 Å². The van der Waals surface area contributed by atoms with E-state index in [-0.39, 0.29) is 17.9 Å². The predicted octanol–water partition coefficient (Wildman–Crippen LogP) is 2.27. The van der Waals surface area contributed by atoms with E-state index in [1.807, 2.05) is 6.92 Å². The summed E-state index contributed by atoms with van der Waals surface area (Å²) in [7, 11) is 0. The number of hydrogen-bond acceptors (Lipinski definition) is 8. The molecule has 0 amide bonds. The molecule has 0 atom stereocenters. The number of carbonyl (C=O) groups is 1. The maximum absolute atomic E-state index is 12.1. The van der Waals surface area contributed by atoms with E-state index < -0.39 is 11.6 Å². The number of nitrogens with zero attached hydrogens (tertiary/aromatic N) is 2. The lowest BCUT2D eigenvalue weighted by atomic mass is 10.1. The first kappa shape index (κ1) is 15.2. The van der Waals surface area contributed by atoms with Gasteiger partial charge in [-0.25, -0.2) is 9.59 Å². The number of aromatic nitrogens is 2. The van der Waals surface area contributed by atoms with Crippen molar-refractivity contribution in [3.63, 3.8) is 0 Å². The van der Waals surface area contributed by atoms with Crippen molar-refractivity contribution in [1.82, 2.24) is 9.59 Å². The zero-order valence-electron chi connectivity index (χ0n) is 12.1. The molecule has 8 heteroatoms. The quantitative estimate of drug-likeness (QED) is 0.577. The lowest BCUT2D eigenvalue weighted by Crippen LogP contribution is -2.08. The lowest BCUT2D eigenvalue weighted by molar-refractivity contribution is 0.0478. The van der Waals surface area contributed by atoms with Crippen LogP contribution in [0.25, 0.3) is 11.0 Å². The summed E-state index contributed by atoms with van der Waals surface area (Å²) in [5, 5.41) is 13.9. The van der Waals surface area contributed by atoms with Crippen LogP contribution in [0.4, 0.5) is 0 Å². The van der Waals surface area contributed by atoms with Gasteiger partial charge >= 0.3 is 11.6 Å². The molecule has 0 bridgehead atoms. The molecular formula is C15H12N2O5S. The Labute approximate surface area is 134 Å². The number of rotatable bonds is 4. The largest absolute Gasteiger partial charge is 0.508 e. The Morgan fingerprint density at radius 3 is 3.00 bits per heavy atom. The van der Waals surface area contributed by atoms with E-state index in [0.717, 1.165) is 11.5 Å². The Bertz CT molecular complexity index is 931. The first-order valence-electron chi connectivity index (χ1n) is 6.82. The van der Waals surface area contributed by atoms with Crippen molar-refractivity contribution in [1.29, 1.82) is 0 Å². The molecule has 118 valence electrons. The fourth-order valence-electron chi connectivity index (χ4n) is 2.14. The van der Waals surface area contributed by atoms with E-state index >= 15 is 0 Å². The SMILES string of the molecule is CCc1nnsc1C(=O)OCc1cc(=O)oc2cc(O)ccc12. The summed E-state index contributed by atoms with van der Waals surface area (Å²) >= 11 is 0.977. The van der Waals surface area contributed by atoms with Crippen molar-refractivity contribution >= 4 is 28.5 Å². The fourth-order valence-corrected chi connectivity index (χ4v) is 2.79. The summed E-state index contributed by atoms with van der Waals surface area (Å²) in [6, 6.07) is 5.67. The molecule has 0 saturated heterocycles. The van der Waals surface area contributed by atoms with Crippen molar-refractivity contribution in [3.05, 3.63) is 50.8 Å². The monoisotopic (exact) mass is 332 g/mol. The zero-order chi connectivity index (χ0) is 16.4. The highest BCUT2D eigenvalue weighted by Gasteiger charge is 2.17. The molecule has 0 aliphatic heterocycles. The number of benzene rings is 1. The van der Waals surface area contributed by atoms with Gasteiger partial charge in [0, 0.05) is 23.1 Å². The van der Waals surface area contributed by atoms with Crippen LogP contribution >= 0.6 is 11.5 Å². The molecule has 1 aromatic carbocycles. The van der Waals surface area contributed by atoms with Gasteiger partial charge in [0.2, 0.25) is 0 Å². The zero-order valence-corrected chi connectivity index (χ0v) is 12.9. The van der Waals surface area contributed by atoms with Crippen molar-refractivity contribution in [2.45, 2.75) is 20.0 Å². The second kappa shape index (κ2) is 6.17. The van der Waals surface area contributed by atoms with Gasteiger partial charge in [-0.05, 0) is 30.1 Å². The number of phenolic OH excluding ortho intramolecular Hbond substituents is 1. The smallest absolute Gasteiger partial charge is 0.352 e. The van der Waals surface area contributed by atoms with Gasteiger partial charge in [0.15, 0.2) is 4.88 Å². The summed E-state index contributed by atoms with van der Waals surface area (Å²) in [5.41, 5.74) is 0.739. The number of aromatic hydroxyl groups is 1. The molecule has 23 heavy (non-hydrogen) atoms. The molecule has 0 aliphatic carbocycles. The van der Waals surface area contributed by atoms with Crippen LogP contribution in [-0.4, -0.2) is 20.7 Å². The topological polar surface area (TPSA) is 103 Å². The normalized spacial score (nSPS) is 10.8. The minimum atomic E-state index is -0.581. The third-order valence-electron chi connectivity index (χ3n) is 3.25. The summed E-state index contributed by atoms with van der Waals surface area (Å²) in [6.45, 7) is 1.78. The predicted molar refractivity (Wildman–Crippen MR) is 82.6 cm³/mol. The number of aryl methyl sites for hydroxylation is 1. The van der Waals surface area contributed by atoms with Gasteiger partial charge in [-0.2, -0.15) is 0 Å². The molecule has 7 nitrogen and oxygen atoms in total. The van der Waals surface area contributed by atoms with E-state index in [2.05, 4.69) is 9.59 Å². The highest BCUT2D eigenvalue weighted by molar-refractivity contribution is 7.07. The number of fused-ring (bicyclic) bond motifs is 1. The third-order valence-corrected chi connectivity index (χ3v) is 4.00. The van der Waals surface area contributed by atoms with Crippen LogP contribution in [0.2, 0.25) is 0 Å². The number of esters is 1. The first-order valence-corrected chi connectivity index (χ1v) is 7.60. The average molecular weight is 332 g/mol. The molecule has 2 aromatic heterocycles. The third kappa shape index (κ3) is 3.07. The minimum Gasteiger partial charge on any atom is -0.508 e. The molecule has 1 N–H and O–H groups in total. The first-order chi connectivity index (χ1) is 11.1. The molecule has 0 spiro atoms. The van der Waals surface area contributed by atoms with Gasteiger partial charge in [-0.3, -0.25) is 0 Å². The maximum atomic E-state index is 12.1. The van der Waals surface area contributed by atoms with Crippen LogP contribution in [0.1, 0.15) is 27.9 Å². The Morgan fingerprint density at radius 1 is 1.39 bits per heavy atom. The van der Waals surface area contributed by atoms with Crippen molar-refractivity contribution in [3.8, 4) is 5.75 Å². The van der Waals surface area contributed by atoms with Crippen LogP contribution in [0.5, 0.6) is 5.75 Å². The number of phenols is 1. The minimum absolute atomic E-state index is 0.0156. The number of hydrogen-bond donors (Lipinski definition) is 1. The molecule has 3 aromatic rings. The van der Waals surface area contributed by atoms with E-state index in [4.69, 9.17) is 9.15 Å². The molecular weight excluding hydrogens is 320 g/mol. The van der Waals surface area contributed by atoms with Gasteiger partial charge in [-0.15, -0.1) is 5.10 Å². The van der Waals surface area contributed by atoms with E-state index in [1.54, 1.807) is 6.07 Å². The maximum Gasteiger partial charge on any atom is 0.352 e. The van der Waals surface area contributed by atoms with Crippen LogP contribution in [0.3, 0.4) is 0 Å². The summed E-state index contributed by atoms with van der Waals surface area (Å²) < 4.78 is 14.0. The molecule has 0 fully saturated rings. The Hall–Kier alpha value is -2.74. The van der Waals surface area contributed by atoms with Gasteiger partial charge in [0.25, 0.3) is 0 Å². The van der Waals surface area contributed by atoms with Crippen LogP contribution in [0, 0.1) is 0 Å². The molecule has 0 saturated carbocycles. The second-order valence-electron chi connectivity index (χ2n) is 4.75. The number of carbonyl (C=O) groups excluding carboxylic acids is 1. The molecule has 0 radical (unpaired) electrons. The van der Waals surface area contributed by atoms with Gasteiger partial charge < -0.3 is 14.3 Å². The highest BCUT2D eigenvalue weighted by Crippen LogP contribution is 2.23. The van der Waals surface area contributed by atoms with Crippen LogP contribution in [0.15, 0.2) is 33.5 Å². The number of ether oxygens (including phenoxy) is 1. The average Bonchev–Trinajstić information content (AvgIpc) is 3.00. The Kier molecular flexibility index (Phi) is 4.07. The summed E-state index contributed by atoms with van der Waals surface area (Å²) in [5.74, 6) is -0.546. The van der Waals surface area contributed by atoms with Crippen molar-refractivity contribution < 1.29 is 19.1 Å². The van der Waals surface area contributed by atoms with Gasteiger partial charge in [-0.1, -0.05) is 11.4 Å². The van der Waals surface area contributed by atoms with Crippen molar-refractivity contribution in [2.75, 3.05) is 0 Å².